The SMILES string of the molecule is CC(CNC(=O)Cc1csc2ccc(Cl)cc12)C(=O)O. The molecule has 1 amide bonds. The predicted molar refractivity (Wildman–Crippen MR) is 80.3 cm³/mol. The molecule has 1 unspecified atom stereocenters. The van der Waals surface area contributed by atoms with Gasteiger partial charge in [-0.15, -0.1) is 11.3 Å². The molecule has 0 fully saturated rings. The zero-order valence-corrected chi connectivity index (χ0v) is 12.4. The molecule has 1 atom stereocenters. The lowest BCUT2D eigenvalue weighted by atomic mass is 10.1. The van der Waals surface area contributed by atoms with Crippen LogP contribution in [0, 0.1) is 5.92 Å². The van der Waals surface area contributed by atoms with Gasteiger partial charge >= 0.3 is 5.97 Å². The molecule has 1 aromatic carbocycles. The highest BCUT2D eigenvalue weighted by Crippen LogP contribution is 2.28. The van der Waals surface area contributed by atoms with Crippen molar-refractivity contribution in [2.24, 2.45) is 5.92 Å². The van der Waals surface area contributed by atoms with E-state index in [4.69, 9.17) is 16.7 Å². The van der Waals surface area contributed by atoms with E-state index in [1.807, 2.05) is 23.6 Å². The second kappa shape index (κ2) is 6.24. The number of hydrogen-bond acceptors (Lipinski definition) is 3. The zero-order chi connectivity index (χ0) is 14.7. The van der Waals surface area contributed by atoms with E-state index in [0.29, 0.717) is 5.02 Å². The van der Waals surface area contributed by atoms with Gasteiger partial charge in [0.15, 0.2) is 0 Å². The number of aliphatic carboxylic acids is 1. The van der Waals surface area contributed by atoms with E-state index < -0.39 is 11.9 Å². The molecule has 4 nitrogen and oxygen atoms in total. The Balaban J connectivity index is 2.03. The fraction of sp³-hybridized carbons (Fsp3) is 0.286. The van der Waals surface area contributed by atoms with Gasteiger partial charge in [-0.1, -0.05) is 18.5 Å². The molecule has 0 aliphatic heterocycles. The molecule has 0 spiro atoms. The quantitative estimate of drug-likeness (QED) is 0.892. The normalized spacial score (nSPS) is 12.3. The summed E-state index contributed by atoms with van der Waals surface area (Å²) in [7, 11) is 0. The molecule has 6 heteroatoms. The van der Waals surface area contributed by atoms with Crippen molar-refractivity contribution in [3.8, 4) is 0 Å². The first-order valence-corrected chi connectivity index (χ1v) is 7.38. The summed E-state index contributed by atoms with van der Waals surface area (Å²) < 4.78 is 1.08. The average molecular weight is 312 g/mol. The van der Waals surface area contributed by atoms with E-state index in [9.17, 15) is 9.59 Å². The lowest BCUT2D eigenvalue weighted by Gasteiger charge is -2.08. The van der Waals surface area contributed by atoms with Crippen LogP contribution in [0.2, 0.25) is 5.02 Å². The number of carboxylic acids is 1. The molecular formula is C14H14ClNO3S. The summed E-state index contributed by atoms with van der Waals surface area (Å²) in [5.41, 5.74) is 0.910. The topological polar surface area (TPSA) is 66.4 Å². The Kier molecular flexibility index (Phi) is 4.62. The van der Waals surface area contributed by atoms with Gasteiger partial charge in [0.1, 0.15) is 0 Å². The second-order valence-corrected chi connectivity index (χ2v) is 5.97. The van der Waals surface area contributed by atoms with Crippen molar-refractivity contribution in [2.75, 3.05) is 6.54 Å². The van der Waals surface area contributed by atoms with Crippen molar-refractivity contribution < 1.29 is 14.7 Å². The van der Waals surface area contributed by atoms with E-state index in [1.54, 1.807) is 18.3 Å². The summed E-state index contributed by atoms with van der Waals surface area (Å²) >= 11 is 7.52. The first kappa shape index (κ1) is 14.8. The van der Waals surface area contributed by atoms with Gasteiger partial charge in [-0.2, -0.15) is 0 Å². The molecule has 2 rings (SSSR count). The Bertz CT molecular complexity index is 653. The molecule has 106 valence electrons. The number of halogens is 1. The smallest absolute Gasteiger partial charge is 0.308 e. The number of benzene rings is 1. The number of rotatable bonds is 5. The highest BCUT2D eigenvalue weighted by Gasteiger charge is 2.13. The average Bonchev–Trinajstić information content (AvgIpc) is 2.78. The Labute approximate surface area is 125 Å². The molecule has 1 heterocycles. The highest BCUT2D eigenvalue weighted by molar-refractivity contribution is 7.17. The van der Waals surface area contributed by atoms with E-state index in [2.05, 4.69) is 5.32 Å². The van der Waals surface area contributed by atoms with Crippen molar-refractivity contribution in [3.63, 3.8) is 0 Å². The van der Waals surface area contributed by atoms with Crippen LogP contribution in [0.4, 0.5) is 0 Å². The van der Waals surface area contributed by atoms with Gasteiger partial charge in [0.25, 0.3) is 0 Å². The minimum absolute atomic E-state index is 0.136. The molecule has 0 saturated heterocycles. The van der Waals surface area contributed by atoms with Crippen LogP contribution in [0.15, 0.2) is 23.6 Å². The van der Waals surface area contributed by atoms with E-state index in [0.717, 1.165) is 15.6 Å². The van der Waals surface area contributed by atoms with Gasteiger partial charge < -0.3 is 10.4 Å². The largest absolute Gasteiger partial charge is 0.481 e. The summed E-state index contributed by atoms with van der Waals surface area (Å²) in [5, 5.41) is 14.9. The summed E-state index contributed by atoms with van der Waals surface area (Å²) in [4.78, 5) is 22.5. The summed E-state index contributed by atoms with van der Waals surface area (Å²) in [6.07, 6.45) is 0.229. The van der Waals surface area contributed by atoms with Gasteiger partial charge in [0, 0.05) is 16.3 Å². The number of hydrogen-bond donors (Lipinski definition) is 2. The van der Waals surface area contributed by atoms with E-state index in [-0.39, 0.29) is 18.9 Å². The van der Waals surface area contributed by atoms with Crippen molar-refractivity contribution in [1.82, 2.24) is 5.32 Å². The van der Waals surface area contributed by atoms with Crippen LogP contribution in [0.1, 0.15) is 12.5 Å². The van der Waals surface area contributed by atoms with Gasteiger partial charge in [-0.05, 0) is 34.5 Å². The number of carbonyl (C=O) groups is 2. The Morgan fingerprint density at radius 3 is 2.90 bits per heavy atom. The van der Waals surface area contributed by atoms with E-state index in [1.165, 1.54) is 0 Å². The van der Waals surface area contributed by atoms with Crippen LogP contribution in [-0.4, -0.2) is 23.5 Å². The van der Waals surface area contributed by atoms with Crippen LogP contribution in [0.25, 0.3) is 10.1 Å². The lowest BCUT2D eigenvalue weighted by molar-refractivity contribution is -0.141. The van der Waals surface area contributed by atoms with Crippen molar-refractivity contribution in [2.45, 2.75) is 13.3 Å². The molecule has 0 aliphatic carbocycles. The Morgan fingerprint density at radius 1 is 1.45 bits per heavy atom. The Morgan fingerprint density at radius 2 is 2.20 bits per heavy atom. The van der Waals surface area contributed by atoms with Crippen molar-refractivity contribution >= 4 is 44.9 Å². The highest BCUT2D eigenvalue weighted by atomic mass is 35.5. The van der Waals surface area contributed by atoms with Gasteiger partial charge in [0.05, 0.1) is 12.3 Å². The number of fused-ring (bicyclic) bond motifs is 1. The third-order valence-electron chi connectivity index (χ3n) is 2.99. The molecule has 0 aliphatic rings. The maximum Gasteiger partial charge on any atom is 0.308 e. The minimum Gasteiger partial charge on any atom is -0.481 e. The maximum atomic E-state index is 11.8. The maximum absolute atomic E-state index is 11.8. The lowest BCUT2D eigenvalue weighted by Crippen LogP contribution is -2.32. The molecular weight excluding hydrogens is 298 g/mol. The van der Waals surface area contributed by atoms with Crippen LogP contribution in [-0.2, 0) is 16.0 Å². The van der Waals surface area contributed by atoms with Crippen LogP contribution < -0.4 is 5.32 Å². The first-order valence-electron chi connectivity index (χ1n) is 6.12. The molecule has 0 bridgehead atoms. The Hall–Kier alpha value is -1.59. The van der Waals surface area contributed by atoms with Crippen LogP contribution >= 0.6 is 22.9 Å². The van der Waals surface area contributed by atoms with Gasteiger partial charge in [-0.25, -0.2) is 0 Å². The van der Waals surface area contributed by atoms with E-state index >= 15 is 0 Å². The zero-order valence-electron chi connectivity index (χ0n) is 10.9. The molecule has 0 saturated carbocycles. The fourth-order valence-corrected chi connectivity index (χ4v) is 2.90. The standard InChI is InChI=1S/C14H14ClNO3S/c1-8(14(18)19)6-16-13(17)4-9-7-20-12-3-2-10(15)5-11(9)12/h2-3,5,7-8H,4,6H2,1H3,(H,16,17)(H,18,19). The predicted octanol–water partition coefficient (Wildman–Crippen LogP) is 2.93. The fourth-order valence-electron chi connectivity index (χ4n) is 1.78. The van der Waals surface area contributed by atoms with Crippen molar-refractivity contribution in [1.29, 1.82) is 0 Å². The monoisotopic (exact) mass is 311 g/mol. The third-order valence-corrected chi connectivity index (χ3v) is 4.24. The van der Waals surface area contributed by atoms with Gasteiger partial charge in [-0.3, -0.25) is 9.59 Å². The first-order chi connectivity index (χ1) is 9.47. The second-order valence-electron chi connectivity index (χ2n) is 4.62. The molecule has 1 aromatic heterocycles. The number of carboxylic acid groups (broad SMARTS) is 1. The number of nitrogens with one attached hydrogen (secondary N) is 1. The molecule has 0 radical (unpaired) electrons. The number of carbonyl (C=O) groups excluding carboxylic acids is 1. The number of amides is 1. The summed E-state index contributed by atoms with van der Waals surface area (Å²) in [5.74, 6) is -1.69. The third kappa shape index (κ3) is 3.49. The molecule has 2 N–H and O–H groups in total. The van der Waals surface area contributed by atoms with Crippen molar-refractivity contribution in [3.05, 3.63) is 34.2 Å². The molecule has 2 aromatic rings. The minimum atomic E-state index is -0.918. The van der Waals surface area contributed by atoms with Crippen LogP contribution in [0.3, 0.4) is 0 Å². The number of thiophene rings is 1. The summed E-state index contributed by atoms with van der Waals surface area (Å²) in [6.45, 7) is 1.69. The summed E-state index contributed by atoms with van der Waals surface area (Å²) in [6, 6.07) is 5.59. The van der Waals surface area contributed by atoms with Crippen LogP contribution in [0.5, 0.6) is 0 Å². The van der Waals surface area contributed by atoms with Gasteiger partial charge in [0.2, 0.25) is 5.91 Å². The molecule has 20 heavy (non-hydrogen) atoms.